The van der Waals surface area contributed by atoms with Crippen molar-refractivity contribution in [2.45, 2.75) is 65.0 Å². The van der Waals surface area contributed by atoms with E-state index in [1.807, 2.05) is 19.9 Å². The van der Waals surface area contributed by atoms with Gasteiger partial charge in [-0.05, 0) is 38.2 Å². The van der Waals surface area contributed by atoms with Crippen molar-refractivity contribution in [3.8, 4) is 0 Å². The van der Waals surface area contributed by atoms with Gasteiger partial charge in [-0.15, -0.1) is 0 Å². The van der Waals surface area contributed by atoms with E-state index >= 15 is 0 Å². The number of amides is 2. The maximum Gasteiger partial charge on any atom is 0.405 e. The molecule has 11 nitrogen and oxygen atoms in total. The van der Waals surface area contributed by atoms with Crippen molar-refractivity contribution in [2.75, 3.05) is 34.5 Å². The molecule has 1 heterocycles. The Morgan fingerprint density at radius 1 is 1.12 bits per heavy atom. The van der Waals surface area contributed by atoms with Crippen LogP contribution in [0.5, 0.6) is 0 Å². The van der Waals surface area contributed by atoms with Gasteiger partial charge in [0, 0.05) is 51.0 Å². The van der Waals surface area contributed by atoms with Crippen LogP contribution in [-0.4, -0.2) is 82.5 Å². The molecule has 0 saturated carbocycles. The van der Waals surface area contributed by atoms with Crippen LogP contribution in [0.15, 0.2) is 58.5 Å². The largest absolute Gasteiger partial charge is 0.439 e. The molecule has 0 aromatic rings. The molecular weight excluding hydrogens is 561 g/mol. The van der Waals surface area contributed by atoms with Gasteiger partial charge in [0.15, 0.2) is 6.10 Å². The molecule has 1 aliphatic carbocycles. The first kappa shape index (κ1) is 35.6. The predicted octanol–water partition coefficient (Wildman–Crippen LogP) is 2.98. The van der Waals surface area contributed by atoms with Crippen molar-refractivity contribution in [1.29, 1.82) is 0 Å². The zero-order valence-corrected chi connectivity index (χ0v) is 25.9. The van der Waals surface area contributed by atoms with Crippen molar-refractivity contribution in [3.63, 3.8) is 0 Å². The summed E-state index contributed by atoms with van der Waals surface area (Å²) in [6.07, 6.45) is 4.68. The Kier molecular flexibility index (Phi) is 14.0. The Balaban J connectivity index is 2.65. The molecule has 1 aliphatic heterocycles. The summed E-state index contributed by atoms with van der Waals surface area (Å²) in [5.41, 5.74) is 6.26. The summed E-state index contributed by atoms with van der Waals surface area (Å²) in [5.74, 6) is -2.09. The van der Waals surface area contributed by atoms with Crippen LogP contribution >= 0.6 is 0 Å². The highest BCUT2D eigenvalue weighted by Gasteiger charge is 2.34. The Morgan fingerprint density at radius 2 is 1.81 bits per heavy atom. The lowest BCUT2D eigenvalue weighted by atomic mass is 9.85. The van der Waals surface area contributed by atoms with Gasteiger partial charge in [-0.25, -0.2) is 9.18 Å². The molecule has 43 heavy (non-hydrogen) atoms. The zero-order valence-electron chi connectivity index (χ0n) is 25.9. The fourth-order valence-corrected chi connectivity index (χ4v) is 5.30. The van der Waals surface area contributed by atoms with Crippen LogP contribution in [-0.2, 0) is 33.3 Å². The second-order valence-corrected chi connectivity index (χ2v) is 10.8. The van der Waals surface area contributed by atoms with E-state index in [-0.39, 0.29) is 47.3 Å². The lowest BCUT2D eigenvalue weighted by Crippen LogP contribution is -2.38. The fraction of sp³-hybridized carbons (Fsp3) is 0.548. The van der Waals surface area contributed by atoms with E-state index in [1.54, 1.807) is 33.3 Å². The van der Waals surface area contributed by atoms with Crippen LogP contribution in [0.3, 0.4) is 0 Å². The third-order valence-corrected chi connectivity index (χ3v) is 7.43. The van der Waals surface area contributed by atoms with Gasteiger partial charge in [0.25, 0.3) is 5.91 Å². The number of nitrogens with one attached hydrogen (secondary N) is 2. The van der Waals surface area contributed by atoms with Gasteiger partial charge in [-0.3, -0.25) is 14.4 Å². The Morgan fingerprint density at radius 3 is 2.40 bits per heavy atom. The number of methoxy groups -OCH3 is 3. The van der Waals surface area contributed by atoms with E-state index in [9.17, 15) is 23.6 Å². The van der Waals surface area contributed by atoms with Crippen molar-refractivity contribution >= 4 is 23.6 Å². The summed E-state index contributed by atoms with van der Waals surface area (Å²) in [6, 6.07) is 0. The van der Waals surface area contributed by atoms with Crippen LogP contribution in [0.4, 0.5) is 9.18 Å². The van der Waals surface area contributed by atoms with Gasteiger partial charge in [-0.1, -0.05) is 38.2 Å². The number of carbonyl (C=O) groups excluding carboxylic acids is 4. The number of primary amides is 1. The zero-order chi connectivity index (χ0) is 32.3. The smallest absolute Gasteiger partial charge is 0.405 e. The minimum absolute atomic E-state index is 0.0175. The van der Waals surface area contributed by atoms with Gasteiger partial charge < -0.3 is 35.3 Å². The van der Waals surface area contributed by atoms with Gasteiger partial charge in [0.1, 0.15) is 12.8 Å². The molecule has 6 unspecified atom stereocenters. The summed E-state index contributed by atoms with van der Waals surface area (Å²) < 4.78 is 35.7. The van der Waals surface area contributed by atoms with Crippen LogP contribution in [0.25, 0.3) is 0 Å². The number of rotatable bonds is 7. The topological polar surface area (TPSA) is 155 Å². The average Bonchev–Trinajstić information content (AvgIpc) is 2.95. The monoisotopic (exact) mass is 605 g/mol. The molecule has 2 rings (SSSR count). The highest BCUT2D eigenvalue weighted by atomic mass is 19.1. The number of allylic oxidation sites excluding steroid dienone is 4. The van der Waals surface area contributed by atoms with Gasteiger partial charge in [0.05, 0.1) is 23.6 Å². The Hall–Kier alpha value is -3.61. The van der Waals surface area contributed by atoms with Crippen LogP contribution in [0, 0.1) is 11.8 Å². The van der Waals surface area contributed by atoms with E-state index < -0.39 is 54.7 Å². The molecule has 6 atom stereocenters. The summed E-state index contributed by atoms with van der Waals surface area (Å²) in [7, 11) is 4.57. The molecule has 0 saturated heterocycles. The maximum atomic E-state index is 13.6. The second kappa shape index (κ2) is 16.9. The lowest BCUT2D eigenvalue weighted by molar-refractivity contribution is -0.120. The summed E-state index contributed by atoms with van der Waals surface area (Å²) in [4.78, 5) is 51.3. The highest BCUT2D eigenvalue weighted by molar-refractivity contribution is 6.23. The molecule has 238 valence electrons. The number of halogens is 1. The number of hydrogen-bond acceptors (Lipinski definition) is 9. The first-order valence-electron chi connectivity index (χ1n) is 14.1. The van der Waals surface area contributed by atoms with Crippen molar-refractivity contribution in [2.24, 2.45) is 17.6 Å². The molecule has 12 heteroatoms. The molecule has 0 fully saturated rings. The molecule has 0 spiro atoms. The van der Waals surface area contributed by atoms with Crippen molar-refractivity contribution < 1.29 is 42.5 Å². The number of Topliss-reactive ketones (excluding diaryl/α,β-unsaturated/α-hetero) is 1. The number of fused-ring (bicyclic) bond motifs is 2. The van der Waals surface area contributed by atoms with E-state index in [0.29, 0.717) is 12.0 Å². The summed E-state index contributed by atoms with van der Waals surface area (Å²) in [6.45, 7) is 6.27. The minimum atomic E-state index is -0.981. The first-order valence-corrected chi connectivity index (χ1v) is 14.1. The molecule has 2 aliphatic rings. The molecular formula is C31H44FN3O8. The third-order valence-electron chi connectivity index (χ3n) is 7.43. The van der Waals surface area contributed by atoms with Gasteiger partial charge in [0.2, 0.25) is 11.6 Å². The number of nitrogens with two attached hydrogens (primary N) is 1. The Labute approximate surface area is 252 Å². The van der Waals surface area contributed by atoms with Crippen LogP contribution < -0.4 is 16.4 Å². The van der Waals surface area contributed by atoms with E-state index in [0.717, 1.165) is 6.08 Å². The quantitative estimate of drug-likeness (QED) is 0.293. The maximum absolute atomic E-state index is 13.6. The lowest BCUT2D eigenvalue weighted by Gasteiger charge is -2.32. The summed E-state index contributed by atoms with van der Waals surface area (Å²) in [5, 5.41) is 5.28. The highest BCUT2D eigenvalue weighted by Crippen LogP contribution is 2.29. The van der Waals surface area contributed by atoms with Gasteiger partial charge >= 0.3 is 6.09 Å². The fourth-order valence-electron chi connectivity index (χ4n) is 5.30. The van der Waals surface area contributed by atoms with Gasteiger partial charge in [-0.2, -0.15) is 0 Å². The number of ether oxygens (including phenoxy) is 4. The number of ketones is 2. The normalized spacial score (nSPS) is 31.3. The molecule has 2 bridgehead atoms. The first-order chi connectivity index (χ1) is 20.4. The average molecular weight is 606 g/mol. The SMILES string of the molecule is COC1/C=C\C=C(\C)C(=O)NC2=CC(=O)C(NCCF)=C(CC(C)CC(OC)C(OC)C(C)/C=C(/C)C1OC(N)=O)C2=O. The summed E-state index contributed by atoms with van der Waals surface area (Å²) >= 11 is 0. The number of hydrogen-bond donors (Lipinski definition) is 3. The molecule has 4 N–H and O–H groups in total. The molecule has 2 amide bonds. The van der Waals surface area contributed by atoms with E-state index in [4.69, 9.17) is 24.7 Å². The van der Waals surface area contributed by atoms with Crippen LogP contribution in [0.2, 0.25) is 0 Å². The second-order valence-electron chi connectivity index (χ2n) is 10.8. The molecule has 0 aromatic carbocycles. The van der Waals surface area contributed by atoms with E-state index in [1.165, 1.54) is 20.1 Å². The van der Waals surface area contributed by atoms with Crippen molar-refractivity contribution in [1.82, 2.24) is 10.6 Å². The molecule has 0 aromatic heterocycles. The van der Waals surface area contributed by atoms with Crippen LogP contribution in [0.1, 0.15) is 40.5 Å². The standard InChI is InChI=1S/C31H44FN3O8/c1-17-13-21-26(34-12-11-32)23(36)16-22(27(21)37)35-30(38)18(2)9-8-10-24(40-5)29(43-31(33)39)20(4)15-19(3)28(42-7)25(14-17)41-6/h8-10,15-17,19,24-25,28-29,34H,11-14H2,1-7H3,(H2,33,39)(H,35,38)/b10-8-,18-9-,20-15-. The van der Waals surface area contributed by atoms with E-state index in [2.05, 4.69) is 10.6 Å². The third kappa shape index (κ3) is 9.70. The Bertz CT molecular complexity index is 1210. The minimum Gasteiger partial charge on any atom is -0.439 e. The predicted molar refractivity (Wildman–Crippen MR) is 158 cm³/mol. The molecule has 0 radical (unpaired) electrons. The number of carbonyl (C=O) groups is 4. The number of alkyl halides is 1. The van der Waals surface area contributed by atoms with Crippen molar-refractivity contribution in [3.05, 3.63) is 58.5 Å².